The molecule has 2 rings (SSSR count). The van der Waals surface area contributed by atoms with Crippen molar-refractivity contribution in [1.29, 1.82) is 0 Å². The number of benzene rings is 2. The molecule has 0 unspecified atom stereocenters. The lowest BCUT2D eigenvalue weighted by molar-refractivity contribution is -0.111. The molecule has 0 aliphatic heterocycles. The fourth-order valence-electron chi connectivity index (χ4n) is 2.11. The Morgan fingerprint density at radius 3 is 2.63 bits per heavy atom. The van der Waals surface area contributed by atoms with E-state index in [0.29, 0.717) is 17.8 Å². The first-order chi connectivity index (χ1) is 13.1. The normalized spacial score (nSPS) is 12.3. The minimum atomic E-state index is -0.466. The van der Waals surface area contributed by atoms with Crippen LogP contribution in [-0.2, 0) is 4.79 Å². The summed E-state index contributed by atoms with van der Waals surface area (Å²) in [5.41, 5.74) is 13.4. The van der Waals surface area contributed by atoms with Gasteiger partial charge in [-0.25, -0.2) is 4.39 Å². The van der Waals surface area contributed by atoms with Crippen molar-refractivity contribution >= 4 is 29.6 Å². The Kier molecular flexibility index (Phi) is 7.53. The van der Waals surface area contributed by atoms with Crippen LogP contribution in [0.2, 0.25) is 0 Å². The van der Waals surface area contributed by atoms with Gasteiger partial charge in [0.25, 0.3) is 0 Å². The maximum Gasteiger partial charge on any atom is 0.248 e. The molecule has 0 spiro atoms. The number of aliphatic imine (C=N–C) groups is 1. The smallest absolute Gasteiger partial charge is 0.248 e. The summed E-state index contributed by atoms with van der Waals surface area (Å²) < 4.78 is 13.0. The standard InChI is InChI=1S/C21H21FN4O/c22-18-9-10-20(19(24)13-18)26-21(27)11-8-17(14-23)15-25-12-4-7-16-5-2-1-3-6-16/h1-11,13-15H,12,23-24H2,(H,26,27)/b7-4+,11-8+,17-14?,25-15?. The van der Waals surface area contributed by atoms with E-state index in [1.165, 1.54) is 30.5 Å². The second-order valence-corrected chi connectivity index (χ2v) is 5.53. The van der Waals surface area contributed by atoms with Crippen LogP contribution < -0.4 is 16.8 Å². The second kappa shape index (κ2) is 10.4. The third-order valence-corrected chi connectivity index (χ3v) is 3.45. The molecule has 0 aliphatic rings. The van der Waals surface area contributed by atoms with Crippen LogP contribution in [0.1, 0.15) is 5.56 Å². The van der Waals surface area contributed by atoms with Crippen molar-refractivity contribution in [3.63, 3.8) is 0 Å². The summed E-state index contributed by atoms with van der Waals surface area (Å²) >= 11 is 0. The van der Waals surface area contributed by atoms with Crippen molar-refractivity contribution in [2.75, 3.05) is 17.6 Å². The van der Waals surface area contributed by atoms with E-state index < -0.39 is 11.7 Å². The molecule has 0 radical (unpaired) electrons. The van der Waals surface area contributed by atoms with Crippen LogP contribution in [-0.4, -0.2) is 18.7 Å². The van der Waals surface area contributed by atoms with Crippen molar-refractivity contribution in [1.82, 2.24) is 0 Å². The Hall–Kier alpha value is -3.67. The minimum absolute atomic E-state index is 0.151. The zero-order valence-electron chi connectivity index (χ0n) is 14.7. The van der Waals surface area contributed by atoms with Gasteiger partial charge in [-0.15, -0.1) is 0 Å². The van der Waals surface area contributed by atoms with Gasteiger partial charge in [0.05, 0.1) is 17.9 Å². The zero-order valence-corrected chi connectivity index (χ0v) is 14.7. The van der Waals surface area contributed by atoms with Crippen molar-refractivity contribution < 1.29 is 9.18 Å². The Morgan fingerprint density at radius 2 is 1.93 bits per heavy atom. The van der Waals surface area contributed by atoms with E-state index in [4.69, 9.17) is 11.5 Å². The summed E-state index contributed by atoms with van der Waals surface area (Å²) in [7, 11) is 0. The fraction of sp³-hybridized carbons (Fsp3) is 0.0476. The Bertz CT molecular complexity index is 886. The summed E-state index contributed by atoms with van der Waals surface area (Å²) in [6.07, 6.45) is 9.64. The Balaban J connectivity index is 1.86. The van der Waals surface area contributed by atoms with Crippen LogP contribution in [0.4, 0.5) is 15.8 Å². The molecule has 27 heavy (non-hydrogen) atoms. The monoisotopic (exact) mass is 364 g/mol. The molecule has 6 heteroatoms. The van der Waals surface area contributed by atoms with Crippen LogP contribution in [0.3, 0.4) is 0 Å². The van der Waals surface area contributed by atoms with Gasteiger partial charge in [-0.05, 0) is 29.8 Å². The number of amides is 1. The number of nitrogens with two attached hydrogens (primary N) is 2. The quantitative estimate of drug-likeness (QED) is 0.304. The number of hydrogen-bond acceptors (Lipinski definition) is 4. The van der Waals surface area contributed by atoms with E-state index >= 15 is 0 Å². The Labute approximate surface area is 157 Å². The highest BCUT2D eigenvalue weighted by atomic mass is 19.1. The van der Waals surface area contributed by atoms with Gasteiger partial charge in [0.1, 0.15) is 5.82 Å². The van der Waals surface area contributed by atoms with E-state index in [1.54, 1.807) is 6.21 Å². The highest BCUT2D eigenvalue weighted by Gasteiger charge is 2.03. The lowest BCUT2D eigenvalue weighted by Crippen LogP contribution is -2.10. The first kappa shape index (κ1) is 19.7. The molecule has 0 bridgehead atoms. The van der Waals surface area contributed by atoms with Crippen molar-refractivity contribution in [3.05, 3.63) is 89.9 Å². The molecule has 0 heterocycles. The summed E-state index contributed by atoms with van der Waals surface area (Å²) in [5, 5.41) is 2.57. The van der Waals surface area contributed by atoms with E-state index in [9.17, 15) is 9.18 Å². The third kappa shape index (κ3) is 6.99. The molecule has 5 nitrogen and oxygen atoms in total. The van der Waals surface area contributed by atoms with Crippen LogP contribution in [0.25, 0.3) is 6.08 Å². The largest absolute Gasteiger partial charge is 0.404 e. The maximum absolute atomic E-state index is 13.0. The van der Waals surface area contributed by atoms with Gasteiger partial charge in [0.15, 0.2) is 0 Å². The van der Waals surface area contributed by atoms with Gasteiger partial charge in [-0.1, -0.05) is 42.5 Å². The molecular formula is C21H21FN4O. The molecule has 138 valence electrons. The molecule has 2 aromatic carbocycles. The number of hydrogen-bond donors (Lipinski definition) is 3. The predicted octanol–water partition coefficient (Wildman–Crippen LogP) is 3.53. The molecule has 2 aromatic rings. The van der Waals surface area contributed by atoms with E-state index in [2.05, 4.69) is 10.3 Å². The third-order valence-electron chi connectivity index (χ3n) is 3.45. The number of carbonyl (C=O) groups is 1. The summed E-state index contributed by atoms with van der Waals surface area (Å²) in [5.74, 6) is -0.878. The van der Waals surface area contributed by atoms with Gasteiger partial charge < -0.3 is 16.8 Å². The summed E-state index contributed by atoms with van der Waals surface area (Å²) in [6.45, 7) is 0.485. The van der Waals surface area contributed by atoms with Crippen LogP contribution in [0.5, 0.6) is 0 Å². The Morgan fingerprint density at radius 1 is 1.15 bits per heavy atom. The zero-order chi connectivity index (χ0) is 19.5. The molecule has 0 saturated heterocycles. The second-order valence-electron chi connectivity index (χ2n) is 5.53. The molecule has 0 fully saturated rings. The van der Waals surface area contributed by atoms with Gasteiger partial charge in [-0.3, -0.25) is 9.79 Å². The molecule has 0 aromatic heterocycles. The van der Waals surface area contributed by atoms with E-state index in [-0.39, 0.29) is 5.69 Å². The number of carbonyl (C=O) groups excluding carboxylic acids is 1. The average Bonchev–Trinajstić information content (AvgIpc) is 2.67. The molecule has 0 saturated carbocycles. The first-order valence-electron chi connectivity index (χ1n) is 8.26. The van der Waals surface area contributed by atoms with Crippen LogP contribution >= 0.6 is 0 Å². The lowest BCUT2D eigenvalue weighted by atomic mass is 10.2. The average molecular weight is 364 g/mol. The summed E-state index contributed by atoms with van der Waals surface area (Å²) in [4.78, 5) is 16.2. The van der Waals surface area contributed by atoms with Gasteiger partial charge >= 0.3 is 0 Å². The van der Waals surface area contributed by atoms with Gasteiger partial charge in [0, 0.05) is 24.1 Å². The van der Waals surface area contributed by atoms with Crippen LogP contribution in [0, 0.1) is 5.82 Å². The van der Waals surface area contributed by atoms with Gasteiger partial charge in [0.2, 0.25) is 5.91 Å². The number of allylic oxidation sites excluding steroid dienone is 2. The predicted molar refractivity (Wildman–Crippen MR) is 110 cm³/mol. The first-order valence-corrected chi connectivity index (χ1v) is 8.26. The van der Waals surface area contributed by atoms with E-state index in [0.717, 1.165) is 11.6 Å². The highest BCUT2D eigenvalue weighted by Crippen LogP contribution is 2.18. The lowest BCUT2D eigenvalue weighted by Gasteiger charge is -2.05. The number of nitrogens with zero attached hydrogens (tertiary/aromatic N) is 1. The fourth-order valence-corrected chi connectivity index (χ4v) is 2.11. The molecular weight excluding hydrogens is 343 g/mol. The topological polar surface area (TPSA) is 93.5 Å². The maximum atomic E-state index is 13.0. The molecule has 5 N–H and O–H groups in total. The van der Waals surface area contributed by atoms with Crippen LogP contribution in [0.15, 0.2) is 83.5 Å². The summed E-state index contributed by atoms with van der Waals surface area (Å²) in [6, 6.07) is 13.6. The number of anilines is 2. The number of nitrogens with one attached hydrogen (secondary N) is 1. The minimum Gasteiger partial charge on any atom is -0.404 e. The van der Waals surface area contributed by atoms with Gasteiger partial charge in [-0.2, -0.15) is 0 Å². The number of halogens is 1. The van der Waals surface area contributed by atoms with Crippen molar-refractivity contribution in [3.8, 4) is 0 Å². The number of rotatable bonds is 7. The number of nitrogen functional groups attached to an aromatic ring is 1. The SMILES string of the molecule is NC=C(C=NC/C=C/c1ccccc1)/C=C/C(=O)Nc1ccc(F)cc1N. The molecule has 0 aliphatic carbocycles. The van der Waals surface area contributed by atoms with Crippen molar-refractivity contribution in [2.24, 2.45) is 10.7 Å². The van der Waals surface area contributed by atoms with E-state index in [1.807, 2.05) is 42.5 Å². The molecule has 0 atom stereocenters. The highest BCUT2D eigenvalue weighted by molar-refractivity contribution is 6.02. The molecule has 1 amide bonds. The van der Waals surface area contributed by atoms with Crippen molar-refractivity contribution in [2.45, 2.75) is 0 Å².